The second-order valence-electron chi connectivity index (χ2n) is 4.80. The summed E-state index contributed by atoms with van der Waals surface area (Å²) in [6.07, 6.45) is 2.53. The first-order valence-electron chi connectivity index (χ1n) is 6.84. The number of benzene rings is 1. The summed E-state index contributed by atoms with van der Waals surface area (Å²) in [7, 11) is 0. The fourth-order valence-electron chi connectivity index (χ4n) is 2.53. The molecule has 3 rings (SSSR count). The topological polar surface area (TPSA) is 64.3 Å². The minimum Gasteiger partial charge on any atom is -0.478 e. The van der Waals surface area contributed by atoms with Gasteiger partial charge in [0.1, 0.15) is 12.1 Å². The third-order valence-corrected chi connectivity index (χ3v) is 3.55. The minimum atomic E-state index is 0.603. The lowest BCUT2D eigenvalue weighted by Gasteiger charge is -2.30. The van der Waals surface area contributed by atoms with E-state index in [0.717, 1.165) is 31.0 Å². The molecule has 0 saturated carbocycles. The number of aromatic nitrogens is 2. The first-order valence-corrected chi connectivity index (χ1v) is 6.84. The fourth-order valence-corrected chi connectivity index (χ4v) is 2.53. The Labute approximate surface area is 118 Å². The number of rotatable bonds is 3. The zero-order valence-electron chi connectivity index (χ0n) is 11.5. The van der Waals surface area contributed by atoms with Crippen LogP contribution in [0.4, 0.5) is 11.5 Å². The Balaban J connectivity index is 1.86. The highest BCUT2D eigenvalue weighted by Gasteiger charge is 2.19. The molecular formula is C15H18N4O. The van der Waals surface area contributed by atoms with Crippen LogP contribution >= 0.6 is 0 Å². The van der Waals surface area contributed by atoms with Crippen molar-refractivity contribution in [2.24, 2.45) is 0 Å². The highest BCUT2D eigenvalue weighted by Crippen LogP contribution is 2.27. The van der Waals surface area contributed by atoms with Gasteiger partial charge < -0.3 is 15.4 Å². The van der Waals surface area contributed by atoms with Gasteiger partial charge in [0.25, 0.3) is 0 Å². The highest BCUT2D eigenvalue weighted by atomic mass is 16.5. The number of ether oxygens (including phenoxy) is 1. The molecule has 1 aromatic carbocycles. The Kier molecular flexibility index (Phi) is 3.41. The predicted molar refractivity (Wildman–Crippen MR) is 78.8 cm³/mol. The minimum absolute atomic E-state index is 0.603. The van der Waals surface area contributed by atoms with E-state index in [1.165, 1.54) is 11.1 Å². The van der Waals surface area contributed by atoms with Gasteiger partial charge in [0.2, 0.25) is 5.88 Å². The Bertz CT molecular complexity index is 615. The van der Waals surface area contributed by atoms with E-state index in [9.17, 15) is 0 Å². The molecule has 5 nitrogen and oxygen atoms in total. The molecule has 1 aliphatic rings. The van der Waals surface area contributed by atoms with Gasteiger partial charge >= 0.3 is 0 Å². The van der Waals surface area contributed by atoms with E-state index in [1.54, 1.807) is 6.33 Å². The number of nitrogen functional groups attached to an aromatic ring is 1. The molecule has 0 spiro atoms. The van der Waals surface area contributed by atoms with Crippen molar-refractivity contribution in [3.05, 3.63) is 41.7 Å². The first kappa shape index (κ1) is 12.7. The van der Waals surface area contributed by atoms with Gasteiger partial charge in [-0.2, -0.15) is 0 Å². The van der Waals surface area contributed by atoms with Crippen molar-refractivity contribution < 1.29 is 4.74 Å². The van der Waals surface area contributed by atoms with Gasteiger partial charge in [-0.15, -0.1) is 0 Å². The van der Waals surface area contributed by atoms with Crippen LogP contribution in [-0.2, 0) is 13.0 Å². The molecule has 20 heavy (non-hydrogen) atoms. The Morgan fingerprint density at radius 3 is 3.10 bits per heavy atom. The van der Waals surface area contributed by atoms with E-state index in [2.05, 4.69) is 20.9 Å². The summed E-state index contributed by atoms with van der Waals surface area (Å²) in [4.78, 5) is 10.7. The average molecular weight is 270 g/mol. The molecule has 0 radical (unpaired) electrons. The molecule has 0 saturated heterocycles. The summed E-state index contributed by atoms with van der Waals surface area (Å²) < 4.78 is 5.43. The molecule has 0 bridgehead atoms. The van der Waals surface area contributed by atoms with E-state index >= 15 is 0 Å². The van der Waals surface area contributed by atoms with E-state index < -0.39 is 0 Å². The Morgan fingerprint density at radius 2 is 2.25 bits per heavy atom. The maximum atomic E-state index is 6.08. The lowest BCUT2D eigenvalue weighted by Crippen LogP contribution is -2.31. The van der Waals surface area contributed by atoms with E-state index in [0.29, 0.717) is 12.5 Å². The van der Waals surface area contributed by atoms with Crippen molar-refractivity contribution in [2.75, 3.05) is 23.8 Å². The van der Waals surface area contributed by atoms with Gasteiger partial charge in [0.05, 0.1) is 6.61 Å². The fraction of sp³-hybridized carbons (Fsp3) is 0.333. The number of nitrogens with zero attached hydrogens (tertiary/aromatic N) is 3. The summed E-state index contributed by atoms with van der Waals surface area (Å²) in [6.45, 7) is 4.26. The molecule has 5 heteroatoms. The lowest BCUT2D eigenvalue weighted by molar-refractivity contribution is 0.326. The zero-order valence-corrected chi connectivity index (χ0v) is 11.5. The summed E-state index contributed by atoms with van der Waals surface area (Å²) in [6, 6.07) is 8.00. The molecule has 2 N–H and O–H groups in total. The molecule has 2 aromatic rings. The van der Waals surface area contributed by atoms with Crippen LogP contribution in [-0.4, -0.2) is 23.1 Å². The van der Waals surface area contributed by atoms with Crippen molar-refractivity contribution >= 4 is 11.5 Å². The van der Waals surface area contributed by atoms with Crippen LogP contribution < -0.4 is 15.4 Å². The smallest absolute Gasteiger partial charge is 0.218 e. The van der Waals surface area contributed by atoms with Gasteiger partial charge in [0, 0.05) is 24.8 Å². The molecule has 1 aromatic heterocycles. The standard InChI is InChI=1S/C15H18N4O/c1-2-20-15-8-14(17-10-18-15)19-7-6-11-4-3-5-13(16)12(11)9-19/h3-5,8,10H,2,6-7,9,16H2,1H3. The summed E-state index contributed by atoms with van der Waals surface area (Å²) in [5, 5.41) is 0. The van der Waals surface area contributed by atoms with Gasteiger partial charge in [0.15, 0.2) is 0 Å². The van der Waals surface area contributed by atoms with E-state index in [1.807, 2.05) is 25.1 Å². The first-order chi connectivity index (χ1) is 9.78. The zero-order chi connectivity index (χ0) is 13.9. The van der Waals surface area contributed by atoms with Crippen LogP contribution in [0.1, 0.15) is 18.1 Å². The number of hydrogen-bond donors (Lipinski definition) is 1. The van der Waals surface area contributed by atoms with Crippen LogP contribution in [0.3, 0.4) is 0 Å². The van der Waals surface area contributed by atoms with Crippen LogP contribution in [0.25, 0.3) is 0 Å². The molecule has 104 valence electrons. The predicted octanol–water partition coefficient (Wildman–Crippen LogP) is 2.02. The monoisotopic (exact) mass is 270 g/mol. The van der Waals surface area contributed by atoms with Crippen LogP contribution in [0, 0.1) is 0 Å². The van der Waals surface area contributed by atoms with Gasteiger partial charge in [-0.05, 0) is 30.5 Å². The molecule has 1 aliphatic heterocycles. The molecular weight excluding hydrogens is 252 g/mol. The SMILES string of the molecule is CCOc1cc(N2CCc3cccc(N)c3C2)ncn1. The normalized spacial score (nSPS) is 13.9. The number of anilines is 2. The van der Waals surface area contributed by atoms with Crippen molar-refractivity contribution in [1.29, 1.82) is 0 Å². The summed E-state index contributed by atoms with van der Waals surface area (Å²) >= 11 is 0. The second-order valence-corrected chi connectivity index (χ2v) is 4.80. The summed E-state index contributed by atoms with van der Waals surface area (Å²) in [5.41, 5.74) is 9.47. The van der Waals surface area contributed by atoms with E-state index in [4.69, 9.17) is 10.5 Å². The van der Waals surface area contributed by atoms with Crippen molar-refractivity contribution in [3.63, 3.8) is 0 Å². The second kappa shape index (κ2) is 5.36. The molecule has 2 heterocycles. The number of fused-ring (bicyclic) bond motifs is 1. The van der Waals surface area contributed by atoms with Crippen LogP contribution in [0.15, 0.2) is 30.6 Å². The van der Waals surface area contributed by atoms with E-state index in [-0.39, 0.29) is 0 Å². The largest absolute Gasteiger partial charge is 0.478 e. The molecule has 0 unspecified atom stereocenters. The maximum Gasteiger partial charge on any atom is 0.218 e. The molecule has 0 atom stereocenters. The van der Waals surface area contributed by atoms with Gasteiger partial charge in [-0.1, -0.05) is 12.1 Å². The highest BCUT2D eigenvalue weighted by molar-refractivity contribution is 5.55. The molecule has 0 amide bonds. The molecule has 0 fully saturated rings. The molecule has 0 aliphatic carbocycles. The van der Waals surface area contributed by atoms with Crippen molar-refractivity contribution in [2.45, 2.75) is 19.9 Å². The van der Waals surface area contributed by atoms with Gasteiger partial charge in [-0.25, -0.2) is 9.97 Å². The third-order valence-electron chi connectivity index (χ3n) is 3.55. The summed E-state index contributed by atoms with van der Waals surface area (Å²) in [5.74, 6) is 1.50. The van der Waals surface area contributed by atoms with Crippen LogP contribution in [0.5, 0.6) is 5.88 Å². The van der Waals surface area contributed by atoms with Crippen molar-refractivity contribution in [3.8, 4) is 5.88 Å². The quantitative estimate of drug-likeness (QED) is 0.864. The van der Waals surface area contributed by atoms with Gasteiger partial charge in [-0.3, -0.25) is 0 Å². The van der Waals surface area contributed by atoms with Crippen LogP contribution in [0.2, 0.25) is 0 Å². The average Bonchev–Trinajstić information content (AvgIpc) is 2.48. The number of nitrogens with two attached hydrogens (primary N) is 1. The maximum absolute atomic E-state index is 6.08. The third kappa shape index (κ3) is 2.39. The Morgan fingerprint density at radius 1 is 1.35 bits per heavy atom. The van der Waals surface area contributed by atoms with Crippen molar-refractivity contribution in [1.82, 2.24) is 9.97 Å². The lowest BCUT2D eigenvalue weighted by atomic mass is 9.98. The number of hydrogen-bond acceptors (Lipinski definition) is 5. The Hall–Kier alpha value is -2.30.